The number of unbranched alkanes of at least 4 members (excludes halogenated alkanes) is 25. The Balaban J connectivity index is 3.62. The molecule has 1 atom stereocenters. The number of aliphatic hydroxyl groups excluding tert-OH is 1. The molecule has 0 saturated heterocycles. The molecular formula is C38H77NO3. The predicted octanol–water partition coefficient (Wildman–Crippen LogP) is 11.4. The van der Waals surface area contributed by atoms with Gasteiger partial charge < -0.3 is 14.7 Å². The minimum atomic E-state index is 0.0387. The van der Waals surface area contributed by atoms with Gasteiger partial charge in [-0.3, -0.25) is 4.79 Å². The molecule has 0 aliphatic carbocycles. The molecule has 0 aromatic rings. The van der Waals surface area contributed by atoms with Gasteiger partial charge in [-0.15, -0.1) is 0 Å². The van der Waals surface area contributed by atoms with Crippen molar-refractivity contribution in [3.8, 4) is 0 Å². The highest BCUT2D eigenvalue weighted by Crippen LogP contribution is 2.15. The average Bonchev–Trinajstić information content (AvgIpc) is 2.99. The maximum absolute atomic E-state index is 12.8. The van der Waals surface area contributed by atoms with Crippen molar-refractivity contribution in [2.45, 2.75) is 201 Å². The molecule has 0 aromatic carbocycles. The number of rotatable bonds is 35. The molecule has 1 N–H and O–H groups in total. The van der Waals surface area contributed by atoms with Gasteiger partial charge in [0.15, 0.2) is 0 Å². The third kappa shape index (κ3) is 30.8. The number of hydrogen-bond donors (Lipinski definition) is 1. The van der Waals surface area contributed by atoms with Gasteiger partial charge in [0, 0.05) is 26.1 Å². The third-order valence-electron chi connectivity index (χ3n) is 8.79. The smallest absolute Gasteiger partial charge is 0.222 e. The summed E-state index contributed by atoms with van der Waals surface area (Å²) in [5, 5.41) is 9.48. The summed E-state index contributed by atoms with van der Waals surface area (Å²) in [6, 6.07) is 0. The van der Waals surface area contributed by atoms with Crippen molar-refractivity contribution in [2.75, 3.05) is 32.9 Å². The minimum absolute atomic E-state index is 0.0387. The SMILES string of the molecule is CCCCCCCCCCCCCCCCOCC(C)CN(CCO)C(=O)CCCCCCCCCCCCCCC. The van der Waals surface area contributed by atoms with E-state index in [4.69, 9.17) is 4.74 Å². The van der Waals surface area contributed by atoms with Crippen molar-refractivity contribution in [3.63, 3.8) is 0 Å². The summed E-state index contributed by atoms with van der Waals surface area (Å²) >= 11 is 0. The van der Waals surface area contributed by atoms with E-state index >= 15 is 0 Å². The second-order valence-electron chi connectivity index (χ2n) is 13.3. The van der Waals surface area contributed by atoms with E-state index < -0.39 is 0 Å². The van der Waals surface area contributed by atoms with Gasteiger partial charge in [-0.2, -0.15) is 0 Å². The van der Waals surface area contributed by atoms with Crippen molar-refractivity contribution >= 4 is 5.91 Å². The first-order valence-corrected chi connectivity index (χ1v) is 19.1. The van der Waals surface area contributed by atoms with Gasteiger partial charge in [-0.1, -0.05) is 181 Å². The van der Waals surface area contributed by atoms with Crippen LogP contribution in [0, 0.1) is 5.92 Å². The van der Waals surface area contributed by atoms with Crippen molar-refractivity contribution in [1.29, 1.82) is 0 Å². The topological polar surface area (TPSA) is 49.8 Å². The first-order chi connectivity index (χ1) is 20.7. The van der Waals surface area contributed by atoms with E-state index in [0.29, 0.717) is 32.0 Å². The van der Waals surface area contributed by atoms with Crippen LogP contribution in [0.15, 0.2) is 0 Å². The number of aliphatic hydroxyl groups is 1. The fraction of sp³-hybridized carbons (Fsp3) is 0.974. The molecule has 0 rings (SSSR count). The van der Waals surface area contributed by atoms with Crippen molar-refractivity contribution < 1.29 is 14.6 Å². The highest BCUT2D eigenvalue weighted by Gasteiger charge is 2.16. The van der Waals surface area contributed by atoms with E-state index in [0.717, 1.165) is 25.9 Å². The van der Waals surface area contributed by atoms with Gasteiger partial charge in [0.25, 0.3) is 0 Å². The fourth-order valence-corrected chi connectivity index (χ4v) is 6.00. The summed E-state index contributed by atoms with van der Waals surface area (Å²) in [5.41, 5.74) is 0. The van der Waals surface area contributed by atoms with Crippen LogP contribution in [0.3, 0.4) is 0 Å². The number of amides is 1. The Hall–Kier alpha value is -0.610. The lowest BCUT2D eigenvalue weighted by atomic mass is 10.0. The molecule has 252 valence electrons. The molecule has 1 unspecified atom stereocenters. The number of ether oxygens (including phenoxy) is 1. The van der Waals surface area contributed by atoms with Gasteiger partial charge in [-0.05, 0) is 18.8 Å². The molecule has 1 amide bonds. The third-order valence-corrected chi connectivity index (χ3v) is 8.79. The standard InChI is InChI=1S/C38H77NO3/c1-4-6-8-10-12-14-16-18-20-22-24-26-28-30-34-42-36-37(3)35-39(32-33-40)38(41)31-29-27-25-23-21-19-17-15-13-11-9-7-5-2/h37,40H,4-36H2,1-3H3. The monoisotopic (exact) mass is 596 g/mol. The van der Waals surface area contributed by atoms with Gasteiger partial charge in [0.2, 0.25) is 5.91 Å². The average molecular weight is 596 g/mol. The van der Waals surface area contributed by atoms with Crippen LogP contribution >= 0.6 is 0 Å². The Bertz CT molecular complexity index is 526. The summed E-state index contributed by atoms with van der Waals surface area (Å²) in [7, 11) is 0. The number of carbonyl (C=O) groups is 1. The van der Waals surface area contributed by atoms with E-state index in [1.165, 1.54) is 154 Å². The molecular weight excluding hydrogens is 518 g/mol. The van der Waals surface area contributed by atoms with Crippen LogP contribution in [-0.2, 0) is 9.53 Å². The zero-order valence-electron chi connectivity index (χ0n) is 29.1. The molecule has 0 radical (unpaired) electrons. The molecule has 0 spiro atoms. The molecule has 0 saturated carbocycles. The second-order valence-corrected chi connectivity index (χ2v) is 13.3. The number of carbonyl (C=O) groups excluding carboxylic acids is 1. The van der Waals surface area contributed by atoms with E-state index in [2.05, 4.69) is 20.8 Å². The fourth-order valence-electron chi connectivity index (χ4n) is 6.00. The maximum Gasteiger partial charge on any atom is 0.222 e. The molecule has 0 heterocycles. The van der Waals surface area contributed by atoms with E-state index in [9.17, 15) is 9.90 Å². The van der Waals surface area contributed by atoms with E-state index in [-0.39, 0.29) is 12.5 Å². The van der Waals surface area contributed by atoms with Crippen LogP contribution in [-0.4, -0.2) is 48.8 Å². The largest absolute Gasteiger partial charge is 0.395 e. The summed E-state index contributed by atoms with van der Waals surface area (Å²) in [6.45, 7) is 9.43. The summed E-state index contributed by atoms with van der Waals surface area (Å²) in [5.74, 6) is 0.504. The van der Waals surface area contributed by atoms with Crippen LogP contribution in [0.5, 0.6) is 0 Å². The minimum Gasteiger partial charge on any atom is -0.395 e. The van der Waals surface area contributed by atoms with Crippen LogP contribution in [0.2, 0.25) is 0 Å². The van der Waals surface area contributed by atoms with Crippen molar-refractivity contribution in [1.82, 2.24) is 4.90 Å². The van der Waals surface area contributed by atoms with Gasteiger partial charge in [0.05, 0.1) is 13.2 Å². The lowest BCUT2D eigenvalue weighted by molar-refractivity contribution is -0.132. The second kappa shape index (κ2) is 34.9. The Labute approximate surface area is 264 Å². The lowest BCUT2D eigenvalue weighted by Gasteiger charge is -2.25. The molecule has 4 heteroatoms. The number of hydrogen-bond acceptors (Lipinski definition) is 3. The lowest BCUT2D eigenvalue weighted by Crippen LogP contribution is -2.37. The van der Waals surface area contributed by atoms with Crippen LogP contribution in [0.4, 0.5) is 0 Å². The normalized spacial score (nSPS) is 12.2. The Kier molecular flexibility index (Phi) is 34.4. The summed E-state index contributed by atoms with van der Waals surface area (Å²) < 4.78 is 5.94. The van der Waals surface area contributed by atoms with E-state index in [1.54, 1.807) is 0 Å². The van der Waals surface area contributed by atoms with Crippen LogP contribution in [0.1, 0.15) is 201 Å². The first kappa shape index (κ1) is 41.4. The molecule has 0 aromatic heterocycles. The molecule has 4 nitrogen and oxygen atoms in total. The predicted molar refractivity (Wildman–Crippen MR) is 184 cm³/mol. The maximum atomic E-state index is 12.8. The zero-order valence-corrected chi connectivity index (χ0v) is 29.1. The first-order valence-electron chi connectivity index (χ1n) is 19.1. The quantitative estimate of drug-likeness (QED) is 0.0741. The van der Waals surface area contributed by atoms with Gasteiger partial charge in [0.1, 0.15) is 0 Å². The van der Waals surface area contributed by atoms with Gasteiger partial charge in [-0.25, -0.2) is 0 Å². The molecule has 0 aliphatic rings. The molecule has 0 aliphatic heterocycles. The molecule has 42 heavy (non-hydrogen) atoms. The Morgan fingerprint density at radius 1 is 0.571 bits per heavy atom. The van der Waals surface area contributed by atoms with Crippen LogP contribution < -0.4 is 0 Å². The van der Waals surface area contributed by atoms with E-state index in [1.807, 2.05) is 4.90 Å². The number of nitrogens with zero attached hydrogens (tertiary/aromatic N) is 1. The molecule has 0 bridgehead atoms. The van der Waals surface area contributed by atoms with Crippen molar-refractivity contribution in [2.24, 2.45) is 5.92 Å². The Morgan fingerprint density at radius 2 is 0.929 bits per heavy atom. The highest BCUT2D eigenvalue weighted by atomic mass is 16.5. The molecule has 0 fully saturated rings. The summed E-state index contributed by atoms with van der Waals surface area (Å²) in [4.78, 5) is 14.6. The summed E-state index contributed by atoms with van der Waals surface area (Å²) in [6.07, 6.45) is 37.0. The highest BCUT2D eigenvalue weighted by molar-refractivity contribution is 5.76. The zero-order chi connectivity index (χ0) is 30.8. The van der Waals surface area contributed by atoms with Crippen LogP contribution in [0.25, 0.3) is 0 Å². The Morgan fingerprint density at radius 3 is 1.31 bits per heavy atom. The van der Waals surface area contributed by atoms with Gasteiger partial charge >= 0.3 is 0 Å². The van der Waals surface area contributed by atoms with Crippen molar-refractivity contribution in [3.05, 3.63) is 0 Å².